The van der Waals surface area contributed by atoms with Crippen LogP contribution in [0.15, 0.2) is 0 Å². The molecule has 0 radical (unpaired) electrons. The first-order chi connectivity index (χ1) is 10.1. The predicted octanol–water partition coefficient (Wildman–Crippen LogP) is 0.393. The van der Waals surface area contributed by atoms with Gasteiger partial charge in [-0.15, -0.1) is 0 Å². The van der Waals surface area contributed by atoms with Crippen LogP contribution in [0.25, 0.3) is 0 Å². The fraction of sp³-hybridized carbons (Fsp3) is 1.00. The van der Waals surface area contributed by atoms with Crippen LogP contribution in [-0.2, 0) is 28.4 Å². The first-order valence-corrected chi connectivity index (χ1v) is 7.40. The van der Waals surface area contributed by atoms with E-state index in [9.17, 15) is 5.11 Å². The second-order valence-electron chi connectivity index (χ2n) is 5.79. The Balaban J connectivity index is 1.91. The third-order valence-corrected chi connectivity index (χ3v) is 4.79. The van der Waals surface area contributed by atoms with Crippen molar-refractivity contribution in [3.8, 4) is 0 Å². The SMILES string of the molecule is CO[C@@H]1OC[C@H](O)[C@H]2O[C@@]3(CCCCC3(OC)OC)O[C@@H]12. The highest BCUT2D eigenvalue weighted by molar-refractivity contribution is 5.02. The molecule has 1 aliphatic carbocycles. The van der Waals surface area contributed by atoms with E-state index in [2.05, 4.69) is 0 Å². The van der Waals surface area contributed by atoms with Gasteiger partial charge in [0.05, 0.1) is 6.61 Å². The van der Waals surface area contributed by atoms with Crippen molar-refractivity contribution in [2.45, 2.75) is 61.9 Å². The molecule has 0 aromatic carbocycles. The van der Waals surface area contributed by atoms with Gasteiger partial charge in [-0.05, 0) is 12.8 Å². The summed E-state index contributed by atoms with van der Waals surface area (Å²) in [7, 11) is 4.73. The molecular formula is C14H24O7. The molecule has 2 heterocycles. The number of methoxy groups -OCH3 is 3. The summed E-state index contributed by atoms with van der Waals surface area (Å²) in [6.07, 6.45) is 0.910. The van der Waals surface area contributed by atoms with Gasteiger partial charge in [0.2, 0.25) is 11.6 Å². The Hall–Kier alpha value is -0.280. The maximum absolute atomic E-state index is 10.2. The van der Waals surface area contributed by atoms with Crippen LogP contribution in [0.4, 0.5) is 0 Å². The van der Waals surface area contributed by atoms with Crippen LogP contribution in [0.5, 0.6) is 0 Å². The Morgan fingerprint density at radius 1 is 1.00 bits per heavy atom. The summed E-state index contributed by atoms with van der Waals surface area (Å²) >= 11 is 0. The number of rotatable bonds is 3. The molecule has 3 fully saturated rings. The summed E-state index contributed by atoms with van der Waals surface area (Å²) in [6, 6.07) is 0. The van der Waals surface area contributed by atoms with Crippen LogP contribution in [0.2, 0.25) is 0 Å². The van der Waals surface area contributed by atoms with E-state index >= 15 is 0 Å². The van der Waals surface area contributed by atoms with Crippen molar-refractivity contribution in [3.05, 3.63) is 0 Å². The van der Waals surface area contributed by atoms with Gasteiger partial charge >= 0.3 is 0 Å². The van der Waals surface area contributed by atoms with Crippen LogP contribution in [0, 0.1) is 0 Å². The molecule has 3 aliphatic rings. The highest BCUT2D eigenvalue weighted by Gasteiger charge is 2.66. The minimum absolute atomic E-state index is 0.159. The zero-order chi connectivity index (χ0) is 15.1. The summed E-state index contributed by atoms with van der Waals surface area (Å²) in [4.78, 5) is 0. The van der Waals surface area contributed by atoms with E-state index < -0.39 is 36.2 Å². The Kier molecular flexibility index (Phi) is 4.26. The molecule has 0 aromatic rings. The highest BCUT2D eigenvalue weighted by Crippen LogP contribution is 2.50. The summed E-state index contributed by atoms with van der Waals surface area (Å²) in [5.41, 5.74) is 0. The normalized spacial score (nSPS) is 45.7. The van der Waals surface area contributed by atoms with Crippen LogP contribution in [-0.4, -0.2) is 69.2 Å². The lowest BCUT2D eigenvalue weighted by molar-refractivity contribution is -0.390. The van der Waals surface area contributed by atoms with E-state index in [0.717, 1.165) is 12.8 Å². The number of hydrogen-bond donors (Lipinski definition) is 1. The third-order valence-electron chi connectivity index (χ3n) is 4.79. The van der Waals surface area contributed by atoms with Crippen LogP contribution >= 0.6 is 0 Å². The molecule has 5 atom stereocenters. The minimum Gasteiger partial charge on any atom is -0.388 e. The number of fused-ring (bicyclic) bond motifs is 1. The summed E-state index contributed by atoms with van der Waals surface area (Å²) in [5, 5.41) is 10.2. The second-order valence-corrected chi connectivity index (χ2v) is 5.79. The lowest BCUT2D eigenvalue weighted by atomic mass is 9.87. The fourth-order valence-corrected chi connectivity index (χ4v) is 3.69. The molecule has 7 heteroatoms. The zero-order valence-electron chi connectivity index (χ0n) is 12.7. The van der Waals surface area contributed by atoms with Gasteiger partial charge in [-0.3, -0.25) is 0 Å². The largest absolute Gasteiger partial charge is 0.388 e. The molecule has 7 nitrogen and oxygen atoms in total. The van der Waals surface area contributed by atoms with Crippen molar-refractivity contribution in [1.29, 1.82) is 0 Å². The Morgan fingerprint density at radius 2 is 1.67 bits per heavy atom. The summed E-state index contributed by atoms with van der Waals surface area (Å²) in [5.74, 6) is -2.00. The van der Waals surface area contributed by atoms with Crippen molar-refractivity contribution in [2.24, 2.45) is 0 Å². The van der Waals surface area contributed by atoms with Crippen LogP contribution in [0.3, 0.4) is 0 Å². The van der Waals surface area contributed by atoms with Crippen LogP contribution in [0.1, 0.15) is 25.7 Å². The molecular weight excluding hydrogens is 280 g/mol. The van der Waals surface area contributed by atoms with Gasteiger partial charge in [0.15, 0.2) is 6.29 Å². The Bertz CT molecular complexity index is 372. The Morgan fingerprint density at radius 3 is 2.33 bits per heavy atom. The molecule has 0 unspecified atom stereocenters. The van der Waals surface area contributed by atoms with E-state index in [0.29, 0.717) is 12.8 Å². The van der Waals surface area contributed by atoms with Crippen molar-refractivity contribution in [1.82, 2.24) is 0 Å². The van der Waals surface area contributed by atoms with Gasteiger partial charge < -0.3 is 33.5 Å². The lowest BCUT2D eigenvalue weighted by Gasteiger charge is -2.47. The van der Waals surface area contributed by atoms with Crippen molar-refractivity contribution in [2.75, 3.05) is 27.9 Å². The van der Waals surface area contributed by atoms with E-state index in [1.54, 1.807) is 21.3 Å². The molecule has 2 aliphatic heterocycles. The molecule has 0 aromatic heterocycles. The maximum atomic E-state index is 10.2. The fourth-order valence-electron chi connectivity index (χ4n) is 3.69. The average molecular weight is 304 g/mol. The molecule has 122 valence electrons. The van der Waals surface area contributed by atoms with E-state index in [1.807, 2.05) is 0 Å². The highest BCUT2D eigenvalue weighted by atomic mass is 16.8. The first-order valence-electron chi connectivity index (χ1n) is 7.40. The molecule has 3 rings (SSSR count). The molecule has 2 saturated heterocycles. The number of aliphatic hydroxyl groups excluding tert-OH is 1. The van der Waals surface area contributed by atoms with Gasteiger partial charge in [-0.1, -0.05) is 0 Å². The van der Waals surface area contributed by atoms with Crippen molar-refractivity contribution >= 4 is 0 Å². The predicted molar refractivity (Wildman–Crippen MR) is 70.4 cm³/mol. The van der Waals surface area contributed by atoms with E-state index in [-0.39, 0.29) is 6.61 Å². The number of hydrogen-bond acceptors (Lipinski definition) is 7. The second kappa shape index (κ2) is 5.73. The standard InChI is InChI=1S/C14H24O7/c1-16-12-11-10(9(15)8-19-12)20-14(21-11)7-5-4-6-13(14,17-2)18-3/h9-12,15H,4-8H2,1-3H3/t9-,10+,11+,12+,14-/m0/s1. The number of ether oxygens (including phenoxy) is 6. The molecule has 0 bridgehead atoms. The van der Waals surface area contributed by atoms with E-state index in [1.165, 1.54) is 0 Å². The Labute approximate surface area is 124 Å². The quantitative estimate of drug-likeness (QED) is 0.756. The smallest absolute Gasteiger partial charge is 0.224 e. The first kappa shape index (κ1) is 15.6. The van der Waals surface area contributed by atoms with E-state index in [4.69, 9.17) is 28.4 Å². The van der Waals surface area contributed by atoms with Gasteiger partial charge in [0.25, 0.3) is 0 Å². The summed E-state index contributed by atoms with van der Waals surface area (Å²) in [6.45, 7) is 0.159. The van der Waals surface area contributed by atoms with Crippen molar-refractivity contribution < 1.29 is 33.5 Å². The maximum Gasteiger partial charge on any atom is 0.224 e. The molecule has 1 saturated carbocycles. The van der Waals surface area contributed by atoms with Gasteiger partial charge in [-0.2, -0.15) is 0 Å². The monoisotopic (exact) mass is 304 g/mol. The lowest BCUT2D eigenvalue weighted by Crippen LogP contribution is -2.60. The minimum atomic E-state index is -1.03. The van der Waals surface area contributed by atoms with Gasteiger partial charge in [0.1, 0.15) is 18.3 Å². The molecule has 1 spiro atoms. The topological polar surface area (TPSA) is 75.6 Å². The number of aliphatic hydroxyl groups is 1. The zero-order valence-corrected chi connectivity index (χ0v) is 12.7. The molecule has 1 N–H and O–H groups in total. The molecule has 21 heavy (non-hydrogen) atoms. The van der Waals surface area contributed by atoms with Gasteiger partial charge in [0, 0.05) is 34.2 Å². The van der Waals surface area contributed by atoms with Gasteiger partial charge in [-0.25, -0.2) is 0 Å². The van der Waals surface area contributed by atoms with Crippen LogP contribution < -0.4 is 0 Å². The average Bonchev–Trinajstić information content (AvgIpc) is 2.90. The summed E-state index contributed by atoms with van der Waals surface area (Å²) < 4.78 is 34.4. The third kappa shape index (κ3) is 2.23. The van der Waals surface area contributed by atoms with Crippen molar-refractivity contribution in [3.63, 3.8) is 0 Å². The molecule has 0 amide bonds.